The molecule has 0 aliphatic heterocycles. The lowest BCUT2D eigenvalue weighted by Gasteiger charge is -2.22. The van der Waals surface area contributed by atoms with E-state index in [1.807, 2.05) is 31.6 Å². The SMILES string of the molecule is CNC(C)c1ccc(N(C)Cc2ccncc2)c(Br)c1. The van der Waals surface area contributed by atoms with E-state index in [1.54, 1.807) is 0 Å². The summed E-state index contributed by atoms with van der Waals surface area (Å²) < 4.78 is 1.12. The van der Waals surface area contributed by atoms with Crippen LogP contribution in [0, 0.1) is 0 Å². The molecule has 0 fully saturated rings. The Morgan fingerprint density at radius 2 is 1.95 bits per heavy atom. The standard InChI is InChI=1S/C16H20BrN3/c1-12(18-2)14-4-5-16(15(17)10-14)20(3)11-13-6-8-19-9-7-13/h4-10,12,18H,11H2,1-3H3. The highest BCUT2D eigenvalue weighted by molar-refractivity contribution is 9.10. The summed E-state index contributed by atoms with van der Waals surface area (Å²) in [6.45, 7) is 3.02. The molecular formula is C16H20BrN3. The Kier molecular flexibility index (Phi) is 5.15. The number of nitrogens with one attached hydrogen (secondary N) is 1. The fourth-order valence-corrected chi connectivity index (χ4v) is 2.82. The number of anilines is 1. The normalized spacial score (nSPS) is 12.2. The van der Waals surface area contributed by atoms with Crippen LogP contribution in [-0.4, -0.2) is 19.1 Å². The van der Waals surface area contributed by atoms with E-state index < -0.39 is 0 Å². The second kappa shape index (κ2) is 6.86. The number of benzene rings is 1. The van der Waals surface area contributed by atoms with E-state index in [9.17, 15) is 0 Å². The van der Waals surface area contributed by atoms with Gasteiger partial charge in [-0.1, -0.05) is 6.07 Å². The van der Waals surface area contributed by atoms with Crippen LogP contribution in [0.4, 0.5) is 5.69 Å². The summed E-state index contributed by atoms with van der Waals surface area (Å²) in [5.74, 6) is 0. The summed E-state index contributed by atoms with van der Waals surface area (Å²) in [4.78, 5) is 6.28. The first-order valence-electron chi connectivity index (χ1n) is 6.68. The summed E-state index contributed by atoms with van der Waals surface area (Å²) in [5, 5.41) is 3.26. The number of hydrogen-bond acceptors (Lipinski definition) is 3. The van der Waals surface area contributed by atoms with Gasteiger partial charge in [-0.05, 0) is 65.3 Å². The van der Waals surface area contributed by atoms with Crippen molar-refractivity contribution in [3.05, 3.63) is 58.3 Å². The minimum Gasteiger partial charge on any atom is -0.369 e. The first kappa shape index (κ1) is 15.0. The molecule has 2 rings (SSSR count). The van der Waals surface area contributed by atoms with E-state index >= 15 is 0 Å². The van der Waals surface area contributed by atoms with Crippen molar-refractivity contribution in [2.45, 2.75) is 19.5 Å². The lowest BCUT2D eigenvalue weighted by atomic mass is 10.1. The van der Waals surface area contributed by atoms with Crippen LogP contribution in [0.3, 0.4) is 0 Å². The van der Waals surface area contributed by atoms with Gasteiger partial charge in [-0.3, -0.25) is 4.98 Å². The molecule has 1 unspecified atom stereocenters. The van der Waals surface area contributed by atoms with Crippen molar-refractivity contribution >= 4 is 21.6 Å². The first-order valence-corrected chi connectivity index (χ1v) is 7.48. The third-order valence-corrected chi connectivity index (χ3v) is 4.12. The molecule has 1 aromatic heterocycles. The second-order valence-electron chi connectivity index (χ2n) is 4.93. The van der Waals surface area contributed by atoms with E-state index in [0.717, 1.165) is 11.0 Å². The van der Waals surface area contributed by atoms with Gasteiger partial charge in [0.25, 0.3) is 0 Å². The molecule has 0 bridgehead atoms. The predicted octanol–water partition coefficient (Wildman–Crippen LogP) is 3.76. The summed E-state index contributed by atoms with van der Waals surface area (Å²) in [7, 11) is 4.07. The van der Waals surface area contributed by atoms with Crippen molar-refractivity contribution in [2.24, 2.45) is 0 Å². The van der Waals surface area contributed by atoms with Gasteiger partial charge in [-0.25, -0.2) is 0 Å². The number of aromatic nitrogens is 1. The minimum absolute atomic E-state index is 0.353. The van der Waals surface area contributed by atoms with Crippen molar-refractivity contribution in [3.63, 3.8) is 0 Å². The summed E-state index contributed by atoms with van der Waals surface area (Å²) in [5.41, 5.74) is 3.72. The van der Waals surface area contributed by atoms with Gasteiger partial charge in [0.05, 0.1) is 5.69 Å². The molecular weight excluding hydrogens is 314 g/mol. The number of pyridine rings is 1. The van der Waals surface area contributed by atoms with E-state index in [2.05, 4.69) is 63.3 Å². The van der Waals surface area contributed by atoms with Gasteiger partial charge in [0, 0.05) is 36.5 Å². The molecule has 1 atom stereocenters. The number of halogens is 1. The molecule has 4 heteroatoms. The molecule has 2 aromatic rings. The predicted molar refractivity (Wildman–Crippen MR) is 88.0 cm³/mol. The monoisotopic (exact) mass is 333 g/mol. The van der Waals surface area contributed by atoms with Gasteiger partial charge in [0.15, 0.2) is 0 Å². The van der Waals surface area contributed by atoms with Crippen LogP contribution in [-0.2, 0) is 6.54 Å². The van der Waals surface area contributed by atoms with Gasteiger partial charge in [-0.15, -0.1) is 0 Å². The van der Waals surface area contributed by atoms with Crippen molar-refractivity contribution in [2.75, 3.05) is 19.0 Å². The van der Waals surface area contributed by atoms with E-state index in [0.29, 0.717) is 6.04 Å². The molecule has 0 radical (unpaired) electrons. The van der Waals surface area contributed by atoms with E-state index in [4.69, 9.17) is 0 Å². The fourth-order valence-electron chi connectivity index (χ4n) is 2.12. The van der Waals surface area contributed by atoms with Gasteiger partial charge < -0.3 is 10.2 Å². The Bertz CT molecular complexity index is 557. The van der Waals surface area contributed by atoms with Crippen molar-refractivity contribution in [1.82, 2.24) is 10.3 Å². The van der Waals surface area contributed by atoms with Crippen LogP contribution in [0.5, 0.6) is 0 Å². The second-order valence-corrected chi connectivity index (χ2v) is 5.79. The maximum absolute atomic E-state index is 4.05. The molecule has 1 heterocycles. The van der Waals surface area contributed by atoms with Crippen molar-refractivity contribution in [1.29, 1.82) is 0 Å². The third-order valence-electron chi connectivity index (χ3n) is 3.49. The summed E-state index contributed by atoms with van der Waals surface area (Å²) in [6, 6.07) is 11.0. The van der Waals surface area contributed by atoms with Crippen molar-refractivity contribution < 1.29 is 0 Å². The number of rotatable bonds is 5. The average Bonchev–Trinajstić information content (AvgIpc) is 2.47. The fraction of sp³-hybridized carbons (Fsp3) is 0.312. The van der Waals surface area contributed by atoms with E-state index in [1.165, 1.54) is 16.8 Å². The Balaban J connectivity index is 2.16. The van der Waals surface area contributed by atoms with Crippen LogP contribution in [0.15, 0.2) is 47.2 Å². The van der Waals surface area contributed by atoms with Crippen molar-refractivity contribution in [3.8, 4) is 0 Å². The molecule has 0 saturated heterocycles. The van der Waals surface area contributed by atoms with Crippen LogP contribution < -0.4 is 10.2 Å². The number of hydrogen-bond donors (Lipinski definition) is 1. The largest absolute Gasteiger partial charge is 0.369 e. The van der Waals surface area contributed by atoms with Crippen LogP contribution in [0.1, 0.15) is 24.1 Å². The van der Waals surface area contributed by atoms with Gasteiger partial charge in [0.1, 0.15) is 0 Å². The highest BCUT2D eigenvalue weighted by Crippen LogP contribution is 2.29. The van der Waals surface area contributed by atoms with Gasteiger partial charge in [0.2, 0.25) is 0 Å². The molecule has 20 heavy (non-hydrogen) atoms. The number of nitrogens with zero attached hydrogens (tertiary/aromatic N) is 2. The highest BCUT2D eigenvalue weighted by atomic mass is 79.9. The third kappa shape index (κ3) is 3.58. The molecule has 0 aliphatic carbocycles. The average molecular weight is 334 g/mol. The molecule has 0 spiro atoms. The molecule has 0 saturated carbocycles. The molecule has 1 aromatic carbocycles. The maximum Gasteiger partial charge on any atom is 0.0511 e. The molecule has 1 N–H and O–H groups in total. The zero-order valence-electron chi connectivity index (χ0n) is 12.1. The Morgan fingerprint density at radius 1 is 1.25 bits per heavy atom. The lowest BCUT2D eigenvalue weighted by molar-refractivity contribution is 0.652. The first-order chi connectivity index (χ1) is 9.61. The smallest absolute Gasteiger partial charge is 0.0511 e. The van der Waals surface area contributed by atoms with Gasteiger partial charge in [-0.2, -0.15) is 0 Å². The van der Waals surface area contributed by atoms with Crippen LogP contribution >= 0.6 is 15.9 Å². The molecule has 3 nitrogen and oxygen atoms in total. The zero-order chi connectivity index (χ0) is 14.5. The van der Waals surface area contributed by atoms with Crippen LogP contribution in [0.25, 0.3) is 0 Å². The van der Waals surface area contributed by atoms with E-state index in [-0.39, 0.29) is 0 Å². The quantitative estimate of drug-likeness (QED) is 0.902. The Labute approximate surface area is 129 Å². The Hall–Kier alpha value is -1.39. The molecule has 106 valence electrons. The van der Waals surface area contributed by atoms with Crippen LogP contribution in [0.2, 0.25) is 0 Å². The lowest BCUT2D eigenvalue weighted by Crippen LogP contribution is -2.17. The molecule has 0 aliphatic rings. The zero-order valence-corrected chi connectivity index (χ0v) is 13.7. The summed E-state index contributed by atoms with van der Waals surface area (Å²) >= 11 is 3.68. The molecule has 0 amide bonds. The van der Waals surface area contributed by atoms with Gasteiger partial charge >= 0.3 is 0 Å². The maximum atomic E-state index is 4.05. The Morgan fingerprint density at radius 3 is 2.55 bits per heavy atom. The minimum atomic E-state index is 0.353. The highest BCUT2D eigenvalue weighted by Gasteiger charge is 2.09. The topological polar surface area (TPSA) is 28.2 Å². The summed E-state index contributed by atoms with van der Waals surface area (Å²) in [6.07, 6.45) is 3.66.